The fraction of sp³-hybridized carbons (Fsp3) is 0.250. The minimum atomic E-state index is -0.231. The lowest BCUT2D eigenvalue weighted by Crippen LogP contribution is -2.29. The lowest BCUT2D eigenvalue weighted by molar-refractivity contribution is 0.251. The van der Waals surface area contributed by atoms with E-state index in [0.29, 0.717) is 12.6 Å². The Bertz CT molecular complexity index is 989. The number of carbonyl (C=O) groups excluding carboxylic acids is 1. The van der Waals surface area contributed by atoms with Crippen LogP contribution in [-0.4, -0.2) is 20.8 Å². The minimum Gasteiger partial charge on any atom is -0.331 e. The van der Waals surface area contributed by atoms with Crippen LogP contribution in [0.25, 0.3) is 11.1 Å². The van der Waals surface area contributed by atoms with Crippen LogP contribution in [0, 0.1) is 0 Å². The first-order chi connectivity index (χ1) is 12.8. The molecule has 0 radical (unpaired) electrons. The Hall–Kier alpha value is -3.15. The van der Waals surface area contributed by atoms with E-state index in [2.05, 4.69) is 57.2 Å². The molecule has 0 unspecified atom stereocenters. The molecule has 0 atom stereocenters. The maximum absolute atomic E-state index is 12.2. The maximum Gasteiger partial charge on any atom is 0.319 e. The van der Waals surface area contributed by atoms with Crippen molar-refractivity contribution in [3.8, 4) is 11.1 Å². The van der Waals surface area contributed by atoms with E-state index >= 15 is 0 Å². The first kappa shape index (κ1) is 15.1. The molecule has 1 aromatic heterocycles. The van der Waals surface area contributed by atoms with Crippen molar-refractivity contribution >= 4 is 11.7 Å². The molecule has 2 aliphatic carbocycles. The number of fused-ring (bicyclic) bond motifs is 3. The average molecular weight is 345 g/mol. The van der Waals surface area contributed by atoms with Crippen molar-refractivity contribution in [2.24, 2.45) is 0 Å². The Morgan fingerprint density at radius 1 is 1.12 bits per heavy atom. The van der Waals surface area contributed by atoms with Gasteiger partial charge in [0, 0.05) is 11.7 Å². The van der Waals surface area contributed by atoms with Crippen LogP contribution < -0.4 is 10.6 Å². The predicted molar refractivity (Wildman–Crippen MR) is 98.8 cm³/mol. The van der Waals surface area contributed by atoms with Gasteiger partial charge < -0.3 is 15.2 Å². The molecular formula is C20H19N5O. The molecule has 2 aromatic carbocycles. The zero-order valence-electron chi connectivity index (χ0n) is 14.3. The predicted octanol–water partition coefficient (Wildman–Crippen LogP) is 3.51. The molecule has 26 heavy (non-hydrogen) atoms. The van der Waals surface area contributed by atoms with Gasteiger partial charge in [0.2, 0.25) is 0 Å². The number of hydrogen-bond acceptors (Lipinski definition) is 3. The standard InChI is InChI=1S/C20H19N5O/c26-20(21-11-19-24-22-12-25(19)16-6-7-16)23-15-5-8-18-14(10-15)9-13-3-1-2-4-17(13)18/h1-5,8,10,12,16H,6-7,9,11H2,(H2,21,23,26). The second-order valence-electron chi connectivity index (χ2n) is 6.90. The second kappa shape index (κ2) is 5.98. The summed E-state index contributed by atoms with van der Waals surface area (Å²) < 4.78 is 2.05. The van der Waals surface area contributed by atoms with E-state index in [4.69, 9.17) is 0 Å². The van der Waals surface area contributed by atoms with Crippen LogP contribution in [-0.2, 0) is 13.0 Å². The van der Waals surface area contributed by atoms with Gasteiger partial charge in [-0.25, -0.2) is 4.79 Å². The van der Waals surface area contributed by atoms with Crippen LogP contribution >= 0.6 is 0 Å². The summed E-state index contributed by atoms with van der Waals surface area (Å²) in [6.45, 7) is 0.374. The molecule has 3 aromatic rings. The van der Waals surface area contributed by atoms with E-state index < -0.39 is 0 Å². The number of carbonyl (C=O) groups is 1. The van der Waals surface area contributed by atoms with Crippen molar-refractivity contribution in [2.75, 3.05) is 5.32 Å². The highest BCUT2D eigenvalue weighted by Crippen LogP contribution is 2.37. The van der Waals surface area contributed by atoms with E-state index in [-0.39, 0.29) is 6.03 Å². The zero-order chi connectivity index (χ0) is 17.5. The number of aromatic nitrogens is 3. The summed E-state index contributed by atoms with van der Waals surface area (Å²) in [6.07, 6.45) is 4.97. The van der Waals surface area contributed by atoms with Crippen LogP contribution in [0.1, 0.15) is 35.8 Å². The Morgan fingerprint density at radius 2 is 1.96 bits per heavy atom. The highest BCUT2D eigenvalue weighted by atomic mass is 16.2. The van der Waals surface area contributed by atoms with Crippen LogP contribution in [0.5, 0.6) is 0 Å². The molecule has 6 heteroatoms. The summed E-state index contributed by atoms with van der Waals surface area (Å²) in [4.78, 5) is 12.2. The second-order valence-corrected chi connectivity index (χ2v) is 6.90. The van der Waals surface area contributed by atoms with Crippen molar-refractivity contribution in [1.82, 2.24) is 20.1 Å². The van der Waals surface area contributed by atoms with Crippen molar-refractivity contribution in [1.29, 1.82) is 0 Å². The minimum absolute atomic E-state index is 0.231. The molecule has 2 amide bonds. The van der Waals surface area contributed by atoms with Crippen molar-refractivity contribution in [2.45, 2.75) is 31.8 Å². The number of benzene rings is 2. The van der Waals surface area contributed by atoms with E-state index in [1.807, 2.05) is 10.6 Å². The van der Waals surface area contributed by atoms with Gasteiger partial charge in [0.15, 0.2) is 5.82 Å². The molecule has 2 aliphatic rings. The van der Waals surface area contributed by atoms with Crippen LogP contribution in [0.2, 0.25) is 0 Å². The first-order valence-corrected chi connectivity index (χ1v) is 8.92. The largest absolute Gasteiger partial charge is 0.331 e. The summed E-state index contributed by atoms with van der Waals surface area (Å²) in [5, 5.41) is 13.8. The fourth-order valence-corrected chi connectivity index (χ4v) is 3.61. The fourth-order valence-electron chi connectivity index (χ4n) is 3.61. The summed E-state index contributed by atoms with van der Waals surface area (Å²) in [6, 6.07) is 14.8. The maximum atomic E-state index is 12.2. The van der Waals surface area contributed by atoms with E-state index in [1.165, 1.54) is 22.3 Å². The third kappa shape index (κ3) is 2.73. The third-order valence-corrected chi connectivity index (χ3v) is 5.05. The number of rotatable bonds is 4. The normalized spacial score (nSPS) is 14.6. The Labute approximate surface area is 151 Å². The van der Waals surface area contributed by atoms with Gasteiger partial charge in [-0.15, -0.1) is 10.2 Å². The van der Waals surface area contributed by atoms with Gasteiger partial charge in [-0.1, -0.05) is 30.3 Å². The summed E-state index contributed by atoms with van der Waals surface area (Å²) >= 11 is 0. The molecule has 0 aliphatic heterocycles. The van der Waals surface area contributed by atoms with Crippen molar-refractivity contribution in [3.05, 3.63) is 65.7 Å². The first-order valence-electron chi connectivity index (χ1n) is 8.92. The molecule has 0 spiro atoms. The molecule has 130 valence electrons. The molecule has 1 heterocycles. The Balaban J connectivity index is 1.25. The number of nitrogens with zero attached hydrogens (tertiary/aromatic N) is 3. The highest BCUT2D eigenvalue weighted by molar-refractivity contribution is 5.90. The van der Waals surface area contributed by atoms with Gasteiger partial charge in [-0.2, -0.15) is 0 Å². The van der Waals surface area contributed by atoms with Crippen molar-refractivity contribution in [3.63, 3.8) is 0 Å². The van der Waals surface area contributed by atoms with Gasteiger partial charge in [-0.05, 0) is 53.6 Å². The molecule has 2 N–H and O–H groups in total. The van der Waals surface area contributed by atoms with Crippen LogP contribution in [0.4, 0.5) is 10.5 Å². The molecule has 0 bridgehead atoms. The molecule has 1 saturated carbocycles. The molecule has 6 nitrogen and oxygen atoms in total. The smallest absolute Gasteiger partial charge is 0.319 e. The van der Waals surface area contributed by atoms with Crippen LogP contribution in [0.15, 0.2) is 48.8 Å². The highest BCUT2D eigenvalue weighted by Gasteiger charge is 2.26. The molecule has 1 fully saturated rings. The number of anilines is 1. The Kier molecular flexibility index (Phi) is 3.48. The quantitative estimate of drug-likeness (QED) is 0.594. The lowest BCUT2D eigenvalue weighted by Gasteiger charge is -2.10. The molecule has 0 saturated heterocycles. The van der Waals surface area contributed by atoms with E-state index in [0.717, 1.165) is 30.8 Å². The Morgan fingerprint density at radius 3 is 2.85 bits per heavy atom. The van der Waals surface area contributed by atoms with Crippen molar-refractivity contribution < 1.29 is 4.79 Å². The topological polar surface area (TPSA) is 71.8 Å². The number of urea groups is 1. The summed E-state index contributed by atoms with van der Waals surface area (Å²) in [7, 11) is 0. The SMILES string of the molecule is O=C(NCc1nncn1C1CC1)Nc1ccc2c(c1)Cc1ccccc1-2. The number of hydrogen-bond donors (Lipinski definition) is 2. The van der Waals surface area contributed by atoms with Gasteiger partial charge in [0.1, 0.15) is 6.33 Å². The van der Waals surface area contributed by atoms with Crippen LogP contribution in [0.3, 0.4) is 0 Å². The number of amides is 2. The summed E-state index contributed by atoms with van der Waals surface area (Å²) in [5.41, 5.74) is 5.93. The van der Waals surface area contributed by atoms with E-state index in [9.17, 15) is 4.79 Å². The molecular weight excluding hydrogens is 326 g/mol. The average Bonchev–Trinajstić information content (AvgIpc) is 3.27. The lowest BCUT2D eigenvalue weighted by atomic mass is 10.1. The van der Waals surface area contributed by atoms with Gasteiger partial charge in [0.05, 0.1) is 6.54 Å². The monoisotopic (exact) mass is 345 g/mol. The van der Waals surface area contributed by atoms with E-state index in [1.54, 1.807) is 6.33 Å². The molecule has 5 rings (SSSR count). The number of nitrogens with one attached hydrogen (secondary N) is 2. The summed E-state index contributed by atoms with van der Waals surface area (Å²) in [5.74, 6) is 0.798. The van der Waals surface area contributed by atoms with Gasteiger partial charge in [0.25, 0.3) is 0 Å². The zero-order valence-corrected chi connectivity index (χ0v) is 14.3. The van der Waals surface area contributed by atoms with Gasteiger partial charge in [-0.3, -0.25) is 0 Å². The van der Waals surface area contributed by atoms with Gasteiger partial charge >= 0.3 is 6.03 Å². The third-order valence-electron chi connectivity index (χ3n) is 5.05.